The van der Waals surface area contributed by atoms with Crippen LogP contribution in [0.5, 0.6) is 5.75 Å². The molecular weight excluding hydrogens is 344 g/mol. The second-order valence-corrected chi connectivity index (χ2v) is 6.20. The molecule has 0 amide bonds. The predicted molar refractivity (Wildman–Crippen MR) is 99.9 cm³/mol. The van der Waals surface area contributed by atoms with E-state index in [1.54, 1.807) is 11.8 Å². The Bertz CT molecular complexity index is 1140. The molecule has 0 unspecified atom stereocenters. The molecule has 0 radical (unpaired) electrons. The summed E-state index contributed by atoms with van der Waals surface area (Å²) in [4.78, 5) is 20.0. The van der Waals surface area contributed by atoms with Gasteiger partial charge >= 0.3 is 0 Å². The zero-order valence-electron chi connectivity index (χ0n) is 15.3. The molecule has 136 valence electrons. The fourth-order valence-electron chi connectivity index (χ4n) is 3.01. The zero-order chi connectivity index (χ0) is 19.0. The summed E-state index contributed by atoms with van der Waals surface area (Å²) in [5.41, 5.74) is 1.63. The molecule has 7 nitrogen and oxygen atoms in total. The van der Waals surface area contributed by atoms with E-state index in [4.69, 9.17) is 9.15 Å². The zero-order valence-corrected chi connectivity index (χ0v) is 15.3. The minimum Gasteiger partial charge on any atom is -0.496 e. The van der Waals surface area contributed by atoms with Crippen LogP contribution in [0.1, 0.15) is 29.0 Å². The van der Waals surface area contributed by atoms with Crippen LogP contribution >= 0.6 is 0 Å². The third-order valence-electron chi connectivity index (χ3n) is 4.39. The molecule has 7 heteroatoms. The lowest BCUT2D eigenvalue weighted by Crippen LogP contribution is -2.04. The van der Waals surface area contributed by atoms with Crippen molar-refractivity contribution in [3.63, 3.8) is 0 Å². The van der Waals surface area contributed by atoms with Gasteiger partial charge in [0, 0.05) is 17.9 Å². The molecule has 27 heavy (non-hydrogen) atoms. The van der Waals surface area contributed by atoms with E-state index < -0.39 is 0 Å². The number of hydrogen-bond donors (Lipinski definition) is 0. The maximum atomic E-state index is 11.4. The molecule has 0 bridgehead atoms. The number of carbonyl (C=O) groups excluding carboxylic acids is 1. The first kappa shape index (κ1) is 17.0. The average Bonchev–Trinajstić information content (AvgIpc) is 3.28. The molecule has 0 spiro atoms. The fraction of sp³-hybridized carbons (Fsp3) is 0.200. The maximum absolute atomic E-state index is 11.4. The predicted octanol–water partition coefficient (Wildman–Crippen LogP) is 3.65. The normalized spacial score (nSPS) is 11.1. The lowest BCUT2D eigenvalue weighted by molar-refractivity contribution is 0.100. The van der Waals surface area contributed by atoms with Crippen molar-refractivity contribution >= 4 is 16.6 Å². The van der Waals surface area contributed by atoms with E-state index in [2.05, 4.69) is 15.1 Å². The first-order valence-corrected chi connectivity index (χ1v) is 8.49. The third kappa shape index (κ3) is 3.08. The molecule has 2 aromatic carbocycles. The van der Waals surface area contributed by atoms with E-state index in [9.17, 15) is 4.79 Å². The summed E-state index contributed by atoms with van der Waals surface area (Å²) in [6, 6.07) is 11.8. The van der Waals surface area contributed by atoms with Crippen molar-refractivity contribution in [1.82, 2.24) is 19.7 Å². The lowest BCUT2D eigenvalue weighted by atomic mass is 10.0. The number of ketones is 1. The highest BCUT2D eigenvalue weighted by molar-refractivity contribution is 5.98. The number of oxazole rings is 1. The second kappa shape index (κ2) is 6.68. The van der Waals surface area contributed by atoms with Gasteiger partial charge in [0.25, 0.3) is 0 Å². The number of ether oxygens (including phenoxy) is 1. The fourth-order valence-corrected chi connectivity index (χ4v) is 3.01. The van der Waals surface area contributed by atoms with Crippen LogP contribution < -0.4 is 4.74 Å². The Hall–Kier alpha value is -3.48. The third-order valence-corrected chi connectivity index (χ3v) is 4.39. The van der Waals surface area contributed by atoms with E-state index in [-0.39, 0.29) is 11.6 Å². The van der Waals surface area contributed by atoms with Gasteiger partial charge in [-0.1, -0.05) is 24.3 Å². The van der Waals surface area contributed by atoms with Gasteiger partial charge < -0.3 is 9.15 Å². The van der Waals surface area contributed by atoms with Gasteiger partial charge in [0.2, 0.25) is 11.7 Å². The molecule has 2 aromatic heterocycles. The van der Waals surface area contributed by atoms with Crippen molar-refractivity contribution in [2.45, 2.75) is 20.4 Å². The highest BCUT2D eigenvalue weighted by atomic mass is 16.5. The summed E-state index contributed by atoms with van der Waals surface area (Å²) in [7, 11) is 1.66. The van der Waals surface area contributed by atoms with E-state index in [0.29, 0.717) is 18.2 Å². The molecule has 0 saturated heterocycles. The van der Waals surface area contributed by atoms with Gasteiger partial charge in [-0.2, -0.15) is 0 Å². The number of carbonyl (C=O) groups is 1. The molecule has 0 atom stereocenters. The topological polar surface area (TPSA) is 83.0 Å². The number of benzene rings is 2. The van der Waals surface area contributed by atoms with Gasteiger partial charge in [-0.3, -0.25) is 4.79 Å². The highest BCUT2D eigenvalue weighted by Gasteiger charge is 2.16. The van der Waals surface area contributed by atoms with Gasteiger partial charge in [0.05, 0.1) is 13.7 Å². The Kier molecular flexibility index (Phi) is 4.19. The van der Waals surface area contributed by atoms with Gasteiger partial charge in [-0.15, -0.1) is 5.10 Å². The number of aromatic nitrogens is 4. The Morgan fingerprint density at radius 3 is 2.67 bits per heavy atom. The second-order valence-electron chi connectivity index (χ2n) is 6.20. The Labute approximate surface area is 155 Å². The Morgan fingerprint density at radius 1 is 1.19 bits per heavy atom. The minimum atomic E-state index is -0.170. The van der Waals surface area contributed by atoms with Crippen LogP contribution in [-0.2, 0) is 6.54 Å². The summed E-state index contributed by atoms with van der Waals surface area (Å²) >= 11 is 0. The van der Waals surface area contributed by atoms with Crippen LogP contribution in [0.4, 0.5) is 0 Å². The van der Waals surface area contributed by atoms with Crippen molar-refractivity contribution in [2.24, 2.45) is 0 Å². The summed E-state index contributed by atoms with van der Waals surface area (Å²) in [6.45, 7) is 3.68. The molecule has 4 aromatic rings. The maximum Gasteiger partial charge on any atom is 0.227 e. The van der Waals surface area contributed by atoms with Crippen LogP contribution in [0.25, 0.3) is 22.2 Å². The van der Waals surface area contributed by atoms with Gasteiger partial charge in [0.15, 0.2) is 5.78 Å². The number of rotatable bonds is 5. The van der Waals surface area contributed by atoms with E-state index in [0.717, 1.165) is 27.8 Å². The van der Waals surface area contributed by atoms with Crippen LogP contribution in [0.3, 0.4) is 0 Å². The van der Waals surface area contributed by atoms with E-state index >= 15 is 0 Å². The SMILES string of the molecule is COc1ccc(-c2nc(Cn3cnc(C(C)=O)n3)c(C)o2)c2ccccc12. The summed E-state index contributed by atoms with van der Waals surface area (Å²) in [6.07, 6.45) is 1.52. The number of hydrogen-bond acceptors (Lipinski definition) is 6. The lowest BCUT2D eigenvalue weighted by Gasteiger charge is -2.08. The number of nitrogens with zero attached hydrogens (tertiary/aromatic N) is 4. The molecule has 0 fully saturated rings. The van der Waals surface area contributed by atoms with Crippen molar-refractivity contribution in [3.8, 4) is 17.2 Å². The van der Waals surface area contributed by atoms with Crippen LogP contribution in [0.15, 0.2) is 47.1 Å². The van der Waals surface area contributed by atoms with Gasteiger partial charge in [0.1, 0.15) is 23.5 Å². The molecule has 2 heterocycles. The molecule has 0 aliphatic carbocycles. The quantitative estimate of drug-likeness (QED) is 0.504. The molecule has 0 aliphatic rings. The molecule has 4 rings (SSSR count). The van der Waals surface area contributed by atoms with Crippen molar-refractivity contribution in [2.75, 3.05) is 7.11 Å². The molecule has 0 saturated carbocycles. The first-order valence-electron chi connectivity index (χ1n) is 8.49. The number of methoxy groups -OCH3 is 1. The molecule has 0 N–H and O–H groups in total. The number of Topliss-reactive ketones (excluding diaryl/α,β-unsaturated/α-hetero) is 1. The number of aryl methyl sites for hydroxylation is 1. The van der Waals surface area contributed by atoms with Crippen molar-refractivity contribution in [3.05, 3.63) is 60.0 Å². The van der Waals surface area contributed by atoms with Gasteiger partial charge in [-0.05, 0) is 24.4 Å². The smallest absolute Gasteiger partial charge is 0.227 e. The number of fused-ring (bicyclic) bond motifs is 1. The highest BCUT2D eigenvalue weighted by Crippen LogP contribution is 2.34. The van der Waals surface area contributed by atoms with Crippen molar-refractivity contribution < 1.29 is 13.9 Å². The summed E-state index contributed by atoms with van der Waals surface area (Å²) < 4.78 is 13.0. The van der Waals surface area contributed by atoms with Crippen LogP contribution in [0.2, 0.25) is 0 Å². The van der Waals surface area contributed by atoms with Crippen LogP contribution in [-0.4, -0.2) is 32.6 Å². The summed E-state index contributed by atoms with van der Waals surface area (Å²) in [5, 5.41) is 6.16. The largest absolute Gasteiger partial charge is 0.496 e. The summed E-state index contributed by atoms with van der Waals surface area (Å²) in [5.74, 6) is 2.06. The first-order chi connectivity index (χ1) is 13.1. The Morgan fingerprint density at radius 2 is 1.96 bits per heavy atom. The Balaban J connectivity index is 1.73. The van der Waals surface area contributed by atoms with Crippen molar-refractivity contribution in [1.29, 1.82) is 0 Å². The molecular formula is C20H18N4O3. The minimum absolute atomic E-state index is 0.170. The standard InChI is InChI=1S/C20H18N4O3/c1-12(25)19-21-11-24(23-19)10-17-13(2)27-20(22-17)16-8-9-18(26-3)15-7-5-4-6-14(15)16/h4-9,11H,10H2,1-3H3. The molecule has 0 aliphatic heterocycles. The van der Waals surface area contributed by atoms with E-state index in [1.807, 2.05) is 43.3 Å². The van der Waals surface area contributed by atoms with E-state index in [1.165, 1.54) is 13.3 Å². The van der Waals surface area contributed by atoms with Crippen LogP contribution in [0, 0.1) is 6.92 Å². The van der Waals surface area contributed by atoms with Gasteiger partial charge in [-0.25, -0.2) is 14.6 Å². The average molecular weight is 362 g/mol. The monoisotopic (exact) mass is 362 g/mol.